The van der Waals surface area contributed by atoms with Gasteiger partial charge in [-0.05, 0) is 48.7 Å². The maximum atomic E-state index is 10.2. The quantitative estimate of drug-likeness (QED) is 0.888. The number of likely N-dealkylation sites (tertiary alicyclic amines) is 1. The number of nitriles is 1. The monoisotopic (exact) mass is 322 g/mol. The summed E-state index contributed by atoms with van der Waals surface area (Å²) in [4.78, 5) is 2.30. The van der Waals surface area contributed by atoms with Gasteiger partial charge in [0.25, 0.3) is 0 Å². The highest BCUT2D eigenvalue weighted by Crippen LogP contribution is 2.26. The van der Waals surface area contributed by atoms with Crippen LogP contribution in [0.5, 0.6) is 5.75 Å². The molecule has 0 aromatic heterocycles. The summed E-state index contributed by atoms with van der Waals surface area (Å²) in [6.45, 7) is 2.88. The summed E-state index contributed by atoms with van der Waals surface area (Å²) in [5.41, 5.74) is 1.98. The van der Waals surface area contributed by atoms with Gasteiger partial charge >= 0.3 is 0 Å². The zero-order valence-corrected chi connectivity index (χ0v) is 13.6. The zero-order chi connectivity index (χ0) is 16.8. The highest BCUT2D eigenvalue weighted by Gasteiger charge is 2.25. The standard InChI is InChI=1S/C20H22N2O2/c21-12-16-6-8-20(9-7-16)24-15-19(23)14-22-11-10-18(13-22)17-4-2-1-3-5-17/h1-9,18-19,23H,10-11,13-15H2/t18-,19+/m1/s1. The van der Waals surface area contributed by atoms with Gasteiger partial charge in [-0.1, -0.05) is 30.3 Å². The molecule has 0 bridgehead atoms. The van der Waals surface area contributed by atoms with Gasteiger partial charge in [-0.15, -0.1) is 0 Å². The maximum Gasteiger partial charge on any atom is 0.119 e. The second kappa shape index (κ2) is 7.96. The van der Waals surface area contributed by atoms with Crippen molar-refractivity contribution < 1.29 is 9.84 Å². The molecule has 0 amide bonds. The van der Waals surface area contributed by atoms with E-state index in [1.54, 1.807) is 24.3 Å². The molecule has 1 aliphatic rings. The van der Waals surface area contributed by atoms with Crippen LogP contribution >= 0.6 is 0 Å². The van der Waals surface area contributed by atoms with Crippen molar-refractivity contribution in [2.75, 3.05) is 26.2 Å². The normalized spacial score (nSPS) is 18.9. The van der Waals surface area contributed by atoms with Crippen molar-refractivity contribution in [3.8, 4) is 11.8 Å². The molecule has 1 fully saturated rings. The van der Waals surface area contributed by atoms with Gasteiger partial charge in [0.15, 0.2) is 0 Å². The predicted molar refractivity (Wildman–Crippen MR) is 92.9 cm³/mol. The maximum absolute atomic E-state index is 10.2. The van der Waals surface area contributed by atoms with Crippen molar-refractivity contribution in [1.82, 2.24) is 4.90 Å². The lowest BCUT2D eigenvalue weighted by molar-refractivity contribution is 0.0754. The summed E-state index contributed by atoms with van der Waals surface area (Å²) in [5.74, 6) is 1.23. The number of rotatable bonds is 6. The number of nitrogens with zero attached hydrogens (tertiary/aromatic N) is 2. The predicted octanol–water partition coefficient (Wildman–Crippen LogP) is 2.79. The number of ether oxygens (including phenoxy) is 1. The van der Waals surface area contributed by atoms with E-state index in [1.165, 1.54) is 5.56 Å². The fraction of sp³-hybridized carbons (Fsp3) is 0.350. The number of hydrogen-bond donors (Lipinski definition) is 1. The summed E-state index contributed by atoms with van der Waals surface area (Å²) in [6, 6.07) is 19.6. The number of hydrogen-bond acceptors (Lipinski definition) is 4. The first kappa shape index (κ1) is 16.5. The summed E-state index contributed by atoms with van der Waals surface area (Å²) in [6.07, 6.45) is 0.614. The van der Waals surface area contributed by atoms with E-state index in [0.717, 1.165) is 19.5 Å². The van der Waals surface area contributed by atoms with Crippen LogP contribution in [0.25, 0.3) is 0 Å². The second-order valence-electron chi connectivity index (χ2n) is 6.26. The van der Waals surface area contributed by atoms with Crippen molar-refractivity contribution in [3.63, 3.8) is 0 Å². The van der Waals surface area contributed by atoms with Crippen LogP contribution in [0.4, 0.5) is 0 Å². The van der Waals surface area contributed by atoms with Gasteiger partial charge in [-0.25, -0.2) is 0 Å². The van der Waals surface area contributed by atoms with E-state index in [4.69, 9.17) is 10.00 Å². The molecule has 1 N–H and O–H groups in total. The summed E-state index contributed by atoms with van der Waals surface area (Å²) >= 11 is 0. The number of benzene rings is 2. The molecule has 3 rings (SSSR count). The van der Waals surface area contributed by atoms with Gasteiger partial charge in [0, 0.05) is 13.1 Å². The smallest absolute Gasteiger partial charge is 0.119 e. The molecular weight excluding hydrogens is 300 g/mol. The van der Waals surface area contributed by atoms with Gasteiger partial charge in [0.1, 0.15) is 18.5 Å². The van der Waals surface area contributed by atoms with Crippen molar-refractivity contribution in [2.45, 2.75) is 18.4 Å². The third kappa shape index (κ3) is 4.35. The molecule has 124 valence electrons. The van der Waals surface area contributed by atoms with Crippen molar-refractivity contribution >= 4 is 0 Å². The molecule has 0 unspecified atom stereocenters. The molecule has 2 atom stereocenters. The van der Waals surface area contributed by atoms with Crippen LogP contribution in [-0.4, -0.2) is 42.4 Å². The summed E-state index contributed by atoms with van der Waals surface area (Å²) < 4.78 is 5.60. The molecular formula is C20H22N2O2. The van der Waals surface area contributed by atoms with Gasteiger partial charge in [0.2, 0.25) is 0 Å². The minimum atomic E-state index is -0.518. The lowest BCUT2D eigenvalue weighted by Crippen LogP contribution is -2.34. The van der Waals surface area contributed by atoms with Crippen LogP contribution in [0.15, 0.2) is 54.6 Å². The first-order chi connectivity index (χ1) is 11.7. The van der Waals surface area contributed by atoms with Crippen LogP contribution in [-0.2, 0) is 0 Å². The van der Waals surface area contributed by atoms with Crippen LogP contribution in [0.3, 0.4) is 0 Å². The van der Waals surface area contributed by atoms with Gasteiger partial charge in [-0.2, -0.15) is 5.26 Å². The van der Waals surface area contributed by atoms with Crippen LogP contribution < -0.4 is 4.74 Å². The Balaban J connectivity index is 1.44. The van der Waals surface area contributed by atoms with E-state index >= 15 is 0 Å². The van der Waals surface area contributed by atoms with Gasteiger partial charge in [0.05, 0.1) is 11.6 Å². The van der Waals surface area contributed by atoms with E-state index in [-0.39, 0.29) is 6.61 Å². The molecule has 2 aromatic rings. The average molecular weight is 322 g/mol. The summed E-state index contributed by atoms with van der Waals surface area (Å²) in [5, 5.41) is 19.0. The van der Waals surface area contributed by atoms with Crippen molar-refractivity contribution in [1.29, 1.82) is 5.26 Å². The minimum absolute atomic E-state index is 0.262. The summed E-state index contributed by atoms with van der Waals surface area (Å²) in [7, 11) is 0. The molecule has 1 heterocycles. The Bertz CT molecular complexity index is 679. The Morgan fingerprint density at radius 1 is 1.17 bits per heavy atom. The molecule has 0 saturated carbocycles. The van der Waals surface area contributed by atoms with Crippen LogP contribution in [0, 0.1) is 11.3 Å². The third-order valence-corrected chi connectivity index (χ3v) is 4.44. The van der Waals surface area contributed by atoms with Gasteiger partial charge < -0.3 is 14.7 Å². The Morgan fingerprint density at radius 2 is 1.92 bits per heavy atom. The first-order valence-corrected chi connectivity index (χ1v) is 8.33. The van der Waals surface area contributed by atoms with Crippen LogP contribution in [0.1, 0.15) is 23.5 Å². The van der Waals surface area contributed by atoms with E-state index in [0.29, 0.717) is 23.8 Å². The zero-order valence-electron chi connectivity index (χ0n) is 13.6. The molecule has 24 heavy (non-hydrogen) atoms. The fourth-order valence-electron chi connectivity index (χ4n) is 3.16. The molecule has 4 heteroatoms. The SMILES string of the molecule is N#Cc1ccc(OC[C@@H](O)CN2CC[C@@H](c3ccccc3)C2)cc1. The molecule has 1 saturated heterocycles. The highest BCUT2D eigenvalue weighted by atomic mass is 16.5. The average Bonchev–Trinajstić information content (AvgIpc) is 3.09. The Morgan fingerprint density at radius 3 is 2.62 bits per heavy atom. The topological polar surface area (TPSA) is 56.5 Å². The highest BCUT2D eigenvalue weighted by molar-refractivity contribution is 5.34. The van der Waals surface area contributed by atoms with E-state index in [1.807, 2.05) is 6.07 Å². The molecule has 2 aromatic carbocycles. The fourth-order valence-corrected chi connectivity index (χ4v) is 3.16. The Labute approximate surface area is 142 Å². The van der Waals surface area contributed by atoms with Crippen molar-refractivity contribution in [2.24, 2.45) is 0 Å². The minimum Gasteiger partial charge on any atom is -0.491 e. The first-order valence-electron chi connectivity index (χ1n) is 8.33. The van der Waals surface area contributed by atoms with Crippen molar-refractivity contribution in [3.05, 3.63) is 65.7 Å². The number of β-amino-alcohol motifs (C(OH)–C–C–N with tert-alkyl or cyclic N) is 1. The molecule has 0 radical (unpaired) electrons. The van der Waals surface area contributed by atoms with Crippen LogP contribution in [0.2, 0.25) is 0 Å². The lowest BCUT2D eigenvalue weighted by atomic mass is 9.99. The molecule has 1 aliphatic heterocycles. The van der Waals surface area contributed by atoms with E-state index in [9.17, 15) is 5.11 Å². The largest absolute Gasteiger partial charge is 0.491 e. The second-order valence-corrected chi connectivity index (χ2v) is 6.26. The van der Waals surface area contributed by atoms with E-state index < -0.39 is 6.10 Å². The lowest BCUT2D eigenvalue weighted by Gasteiger charge is -2.20. The Kier molecular flexibility index (Phi) is 5.47. The number of aliphatic hydroxyl groups excluding tert-OH is 1. The number of aliphatic hydroxyl groups is 1. The molecule has 0 aliphatic carbocycles. The third-order valence-electron chi connectivity index (χ3n) is 4.44. The Hall–Kier alpha value is -2.35. The van der Waals surface area contributed by atoms with E-state index in [2.05, 4.69) is 35.2 Å². The van der Waals surface area contributed by atoms with Gasteiger partial charge in [-0.3, -0.25) is 0 Å². The molecule has 4 nitrogen and oxygen atoms in total. The molecule has 0 spiro atoms.